The van der Waals surface area contributed by atoms with Crippen molar-refractivity contribution < 1.29 is 23.0 Å². The predicted molar refractivity (Wildman–Crippen MR) is 131 cm³/mol. The van der Waals surface area contributed by atoms with Crippen molar-refractivity contribution in [1.82, 2.24) is 0 Å². The van der Waals surface area contributed by atoms with E-state index in [9.17, 15) is 18.3 Å². The molecule has 2 aromatic carbocycles. The monoisotopic (exact) mass is 484 g/mol. The van der Waals surface area contributed by atoms with E-state index in [0.29, 0.717) is 42.9 Å². The third-order valence-electron chi connectivity index (χ3n) is 8.48. The number of hydrogen-bond acceptors (Lipinski definition) is 2. The van der Waals surface area contributed by atoms with Gasteiger partial charge in [-0.05, 0) is 111 Å². The van der Waals surface area contributed by atoms with Crippen molar-refractivity contribution in [3.05, 3.63) is 76.1 Å². The van der Waals surface area contributed by atoms with Gasteiger partial charge in [-0.15, -0.1) is 0 Å². The van der Waals surface area contributed by atoms with Gasteiger partial charge in [-0.25, -0.2) is 13.2 Å². The highest BCUT2D eigenvalue weighted by atomic mass is 19.2. The highest BCUT2D eigenvalue weighted by Crippen LogP contribution is 2.40. The fourth-order valence-corrected chi connectivity index (χ4v) is 6.00. The van der Waals surface area contributed by atoms with Gasteiger partial charge in [0.2, 0.25) is 0 Å². The van der Waals surface area contributed by atoms with Crippen LogP contribution in [0.15, 0.2) is 36.4 Å². The molecule has 0 amide bonds. The molecular weight excluding hydrogens is 449 g/mol. The Morgan fingerprint density at radius 1 is 1.00 bits per heavy atom. The van der Waals surface area contributed by atoms with Crippen LogP contribution in [0.25, 0.3) is 5.57 Å². The molecule has 1 N–H and O–H groups in total. The van der Waals surface area contributed by atoms with Gasteiger partial charge in [-0.3, -0.25) is 0 Å². The molecule has 1 saturated heterocycles. The van der Waals surface area contributed by atoms with Crippen LogP contribution in [0.3, 0.4) is 0 Å². The number of aliphatic hydroxyl groups excluding tert-OH is 1. The van der Waals surface area contributed by atoms with Gasteiger partial charge in [0, 0.05) is 5.56 Å². The average molecular weight is 485 g/mol. The van der Waals surface area contributed by atoms with Crippen LogP contribution in [0.4, 0.5) is 13.2 Å². The molecule has 5 heteroatoms. The number of benzene rings is 2. The lowest BCUT2D eigenvalue weighted by molar-refractivity contribution is 0.120. The summed E-state index contributed by atoms with van der Waals surface area (Å²) >= 11 is 0. The molecule has 0 radical (unpaired) electrons. The maximum absolute atomic E-state index is 14.9. The van der Waals surface area contributed by atoms with Gasteiger partial charge in [-0.1, -0.05) is 30.3 Å². The first-order valence-electron chi connectivity index (χ1n) is 13.2. The molecule has 0 bridgehead atoms. The van der Waals surface area contributed by atoms with Crippen molar-refractivity contribution in [3.63, 3.8) is 0 Å². The van der Waals surface area contributed by atoms with E-state index in [1.165, 1.54) is 0 Å². The minimum Gasteiger partial charge on any atom is -0.393 e. The lowest BCUT2D eigenvalue weighted by Crippen LogP contribution is -2.18. The van der Waals surface area contributed by atoms with Crippen molar-refractivity contribution in [2.75, 3.05) is 6.61 Å². The van der Waals surface area contributed by atoms with Crippen molar-refractivity contribution >= 4 is 5.57 Å². The van der Waals surface area contributed by atoms with Crippen LogP contribution in [0, 0.1) is 29.3 Å². The minimum atomic E-state index is -0.747. The second kappa shape index (κ2) is 10.5. The van der Waals surface area contributed by atoms with Crippen molar-refractivity contribution in [2.45, 2.75) is 82.8 Å². The highest BCUT2D eigenvalue weighted by molar-refractivity contribution is 5.67. The minimum absolute atomic E-state index is 0.0652. The van der Waals surface area contributed by atoms with Crippen LogP contribution in [-0.4, -0.2) is 17.8 Å². The summed E-state index contributed by atoms with van der Waals surface area (Å²) in [6.45, 7) is 2.46. The molecule has 3 aliphatic rings. The second-order valence-electron chi connectivity index (χ2n) is 10.8. The number of epoxide rings is 1. The molecule has 2 aliphatic carbocycles. The van der Waals surface area contributed by atoms with E-state index in [4.69, 9.17) is 4.74 Å². The lowest BCUT2D eigenvalue weighted by Gasteiger charge is -2.29. The number of hydrogen-bond donors (Lipinski definition) is 1. The third kappa shape index (κ3) is 5.51. The highest BCUT2D eigenvalue weighted by Gasteiger charge is 2.29. The summed E-state index contributed by atoms with van der Waals surface area (Å²) in [6.07, 6.45) is 8.95. The first-order valence-corrected chi connectivity index (χ1v) is 13.2. The van der Waals surface area contributed by atoms with E-state index in [1.54, 1.807) is 25.1 Å². The van der Waals surface area contributed by atoms with Gasteiger partial charge in [0.05, 0.1) is 12.7 Å². The summed E-state index contributed by atoms with van der Waals surface area (Å²) < 4.78 is 49.7. The molecule has 0 spiro atoms. The molecule has 35 heavy (non-hydrogen) atoms. The molecule has 1 heterocycles. The van der Waals surface area contributed by atoms with Crippen LogP contribution in [0.5, 0.6) is 0 Å². The number of ether oxygens (including phenoxy) is 1. The summed E-state index contributed by atoms with van der Waals surface area (Å²) in [6, 6.07) is 8.98. The molecule has 2 aromatic rings. The zero-order valence-electron chi connectivity index (χ0n) is 20.4. The van der Waals surface area contributed by atoms with Crippen LogP contribution >= 0.6 is 0 Å². The molecule has 1 aliphatic heterocycles. The number of allylic oxidation sites excluding steroid dienone is 2. The summed E-state index contributed by atoms with van der Waals surface area (Å²) in [4.78, 5) is 0. The van der Waals surface area contributed by atoms with E-state index in [-0.39, 0.29) is 29.9 Å². The molecule has 5 rings (SSSR count). The summed E-state index contributed by atoms with van der Waals surface area (Å²) in [5, 5.41) is 9.77. The van der Waals surface area contributed by atoms with Crippen LogP contribution < -0.4 is 0 Å². The fourth-order valence-electron chi connectivity index (χ4n) is 6.00. The maximum atomic E-state index is 14.9. The van der Waals surface area contributed by atoms with Gasteiger partial charge in [0.25, 0.3) is 0 Å². The normalized spacial score (nSPS) is 27.4. The Labute approximate surface area is 206 Å². The van der Waals surface area contributed by atoms with E-state index >= 15 is 0 Å². The van der Waals surface area contributed by atoms with Gasteiger partial charge in [0.15, 0.2) is 11.6 Å². The Bertz CT molecular complexity index is 1080. The lowest BCUT2D eigenvalue weighted by atomic mass is 9.76. The molecule has 3 unspecified atom stereocenters. The quantitative estimate of drug-likeness (QED) is 0.410. The van der Waals surface area contributed by atoms with Crippen LogP contribution in [0.1, 0.15) is 92.6 Å². The van der Waals surface area contributed by atoms with Crippen molar-refractivity contribution in [3.8, 4) is 0 Å². The topological polar surface area (TPSA) is 32.8 Å². The van der Waals surface area contributed by atoms with Gasteiger partial charge < -0.3 is 9.84 Å². The van der Waals surface area contributed by atoms with Gasteiger partial charge >= 0.3 is 0 Å². The van der Waals surface area contributed by atoms with Crippen LogP contribution in [0.2, 0.25) is 0 Å². The number of aryl methyl sites for hydroxylation is 1. The van der Waals surface area contributed by atoms with Gasteiger partial charge in [0.1, 0.15) is 11.9 Å². The van der Waals surface area contributed by atoms with Gasteiger partial charge in [-0.2, -0.15) is 0 Å². The largest absolute Gasteiger partial charge is 0.393 e. The average Bonchev–Trinajstić information content (AvgIpc) is 3.71. The van der Waals surface area contributed by atoms with Crippen LogP contribution in [-0.2, 0) is 11.2 Å². The van der Waals surface area contributed by atoms with E-state index < -0.39 is 11.6 Å². The first kappa shape index (κ1) is 24.6. The van der Waals surface area contributed by atoms with E-state index in [1.807, 2.05) is 18.2 Å². The Morgan fingerprint density at radius 3 is 2.40 bits per heavy atom. The van der Waals surface area contributed by atoms with E-state index in [0.717, 1.165) is 55.2 Å². The maximum Gasteiger partial charge on any atom is 0.166 e. The number of rotatable bonds is 7. The molecular formula is C30H35F3O2. The second-order valence-corrected chi connectivity index (χ2v) is 10.8. The Hall–Kier alpha value is -2.11. The zero-order chi connectivity index (χ0) is 24.5. The SMILES string of the molecule is CC(O)C1CC=C(c2ccc(CCC3CCC(c4ccc(C5CO5)cc4F)CC3)c(F)c2F)CC1. The zero-order valence-corrected chi connectivity index (χ0v) is 20.4. The molecule has 3 atom stereocenters. The molecule has 2 nitrogen and oxygen atoms in total. The predicted octanol–water partition coefficient (Wildman–Crippen LogP) is 7.65. The summed E-state index contributed by atoms with van der Waals surface area (Å²) in [7, 11) is 0. The Morgan fingerprint density at radius 2 is 1.77 bits per heavy atom. The standard InChI is InChI=1S/C30H35F3O2/c1-18(34)20-8-10-22(11-9-20)26-15-12-23(29(32)30(26)33)7-4-19-2-5-21(6-3-19)25-14-13-24(16-27(25)31)28-17-35-28/h10,12-16,18-21,28,34H,2-9,11,17H2,1H3. The van der Waals surface area contributed by atoms with Crippen molar-refractivity contribution in [2.24, 2.45) is 11.8 Å². The molecule has 2 fully saturated rings. The smallest absolute Gasteiger partial charge is 0.166 e. The van der Waals surface area contributed by atoms with E-state index in [2.05, 4.69) is 0 Å². The molecule has 188 valence electrons. The number of aliphatic hydroxyl groups is 1. The Kier molecular flexibility index (Phi) is 7.36. The third-order valence-corrected chi connectivity index (χ3v) is 8.48. The molecule has 0 aromatic heterocycles. The summed E-state index contributed by atoms with van der Waals surface area (Å²) in [5.41, 5.74) is 3.36. The van der Waals surface area contributed by atoms with Crippen molar-refractivity contribution in [1.29, 1.82) is 0 Å². The summed E-state index contributed by atoms with van der Waals surface area (Å²) in [5.74, 6) is -0.733. The fraction of sp³-hybridized carbons (Fsp3) is 0.533. The molecule has 1 saturated carbocycles. The Balaban J connectivity index is 1.15. The first-order chi connectivity index (χ1) is 16.9. The number of halogens is 3.